The molecule has 0 bridgehead atoms. The number of aliphatic imine (C=N–C) groups is 1. The molecule has 0 N–H and O–H groups in total. The van der Waals surface area contributed by atoms with E-state index in [1.165, 1.54) is 31.4 Å². The Kier molecular flexibility index (Phi) is 6.13. The van der Waals surface area contributed by atoms with Crippen LogP contribution in [0.1, 0.15) is 28.9 Å². The molecule has 5 nitrogen and oxygen atoms in total. The Balaban J connectivity index is 1.72. The highest BCUT2D eigenvalue weighted by molar-refractivity contribution is 5.94. The molecule has 1 aromatic carbocycles. The van der Waals surface area contributed by atoms with Crippen molar-refractivity contribution in [1.29, 1.82) is 0 Å². The number of hydrogen-bond donors (Lipinski definition) is 0. The number of methoxy groups -OCH3 is 1. The number of rotatable bonds is 4. The minimum atomic E-state index is -0.483. The van der Waals surface area contributed by atoms with Crippen LogP contribution in [0.4, 0.5) is 8.78 Å². The maximum Gasteiger partial charge on any atom is 0.272 e. The summed E-state index contributed by atoms with van der Waals surface area (Å²) in [5, 5.41) is 0. The van der Waals surface area contributed by atoms with Crippen molar-refractivity contribution in [1.82, 2.24) is 9.88 Å². The minimum Gasteiger partial charge on any atom is -0.481 e. The zero-order valence-corrected chi connectivity index (χ0v) is 15.6. The van der Waals surface area contributed by atoms with Gasteiger partial charge in [-0.15, -0.1) is 0 Å². The second-order valence-corrected chi connectivity index (χ2v) is 6.57. The van der Waals surface area contributed by atoms with Crippen molar-refractivity contribution in [3.05, 3.63) is 77.8 Å². The van der Waals surface area contributed by atoms with Gasteiger partial charge in [0.05, 0.1) is 13.3 Å². The number of aromatic nitrogens is 1. The number of amides is 1. The molecule has 2 aromatic rings. The molecule has 7 heteroatoms. The van der Waals surface area contributed by atoms with Gasteiger partial charge in [0.25, 0.3) is 5.91 Å². The van der Waals surface area contributed by atoms with Gasteiger partial charge in [-0.25, -0.2) is 18.8 Å². The number of likely N-dealkylation sites (tertiary alicyclic amines) is 1. The van der Waals surface area contributed by atoms with Crippen molar-refractivity contribution in [2.24, 2.45) is 10.9 Å². The molecule has 0 aliphatic carbocycles. The summed E-state index contributed by atoms with van der Waals surface area (Å²) >= 11 is 0. The first-order valence-corrected chi connectivity index (χ1v) is 8.96. The highest BCUT2D eigenvalue weighted by Crippen LogP contribution is 2.25. The molecule has 0 unspecified atom stereocenters. The molecule has 0 spiro atoms. The summed E-state index contributed by atoms with van der Waals surface area (Å²) in [6.45, 7) is 5.09. The van der Waals surface area contributed by atoms with Gasteiger partial charge in [-0.2, -0.15) is 0 Å². The summed E-state index contributed by atoms with van der Waals surface area (Å²) in [6.07, 6.45) is 2.67. The van der Waals surface area contributed by atoms with Gasteiger partial charge < -0.3 is 9.64 Å². The maximum atomic E-state index is 13.1. The predicted molar refractivity (Wildman–Crippen MR) is 102 cm³/mol. The van der Waals surface area contributed by atoms with Gasteiger partial charge in [0.15, 0.2) is 0 Å². The van der Waals surface area contributed by atoms with Crippen molar-refractivity contribution in [3.8, 4) is 0 Å². The summed E-state index contributed by atoms with van der Waals surface area (Å²) in [4.78, 5) is 22.6. The van der Waals surface area contributed by atoms with Gasteiger partial charge >= 0.3 is 0 Å². The second kappa shape index (κ2) is 8.73. The number of ether oxygens (including phenoxy) is 1. The molecule has 1 fully saturated rings. The van der Waals surface area contributed by atoms with E-state index in [4.69, 9.17) is 4.74 Å². The number of carbonyl (C=O) groups excluding carboxylic acids is 1. The Hall–Kier alpha value is -3.09. The van der Waals surface area contributed by atoms with Crippen LogP contribution in [0.25, 0.3) is 0 Å². The molecule has 1 atom stereocenters. The topological polar surface area (TPSA) is 54.8 Å². The van der Waals surface area contributed by atoms with Crippen LogP contribution in [-0.2, 0) is 4.74 Å². The molecule has 1 saturated heterocycles. The number of piperidine rings is 1. The molecular weight excluding hydrogens is 364 g/mol. The quantitative estimate of drug-likeness (QED) is 0.594. The van der Waals surface area contributed by atoms with Crippen LogP contribution < -0.4 is 0 Å². The van der Waals surface area contributed by atoms with E-state index in [0.29, 0.717) is 30.2 Å². The normalized spacial score (nSPS) is 17.3. The second-order valence-electron chi connectivity index (χ2n) is 6.57. The third-order valence-corrected chi connectivity index (χ3v) is 4.66. The Morgan fingerprint density at radius 2 is 1.93 bits per heavy atom. The zero-order chi connectivity index (χ0) is 20.1. The van der Waals surface area contributed by atoms with E-state index in [0.717, 1.165) is 19.0 Å². The van der Waals surface area contributed by atoms with Crippen molar-refractivity contribution in [2.75, 3.05) is 20.2 Å². The standard InChI is InChI=1S/C21H21F2N3O2/c1-14(25-20(28-2)15-5-7-17(22)8-6-15)16-4-3-11-26(13-16)21(27)19-10-9-18(23)12-24-19/h5-10,12,16H,1,3-4,11,13H2,2H3/t16-/m0/s1. The molecule has 1 aliphatic rings. The molecule has 1 aromatic heterocycles. The van der Waals surface area contributed by atoms with Gasteiger partial charge in [-0.3, -0.25) is 4.79 Å². The third kappa shape index (κ3) is 4.60. The Morgan fingerprint density at radius 3 is 2.57 bits per heavy atom. The van der Waals surface area contributed by atoms with Crippen molar-refractivity contribution in [2.45, 2.75) is 12.8 Å². The van der Waals surface area contributed by atoms with E-state index in [9.17, 15) is 13.6 Å². The number of nitrogens with zero attached hydrogens (tertiary/aromatic N) is 3. The van der Waals surface area contributed by atoms with E-state index in [1.54, 1.807) is 17.0 Å². The Morgan fingerprint density at radius 1 is 1.21 bits per heavy atom. The van der Waals surface area contributed by atoms with Crippen molar-refractivity contribution >= 4 is 11.8 Å². The van der Waals surface area contributed by atoms with Gasteiger partial charge in [-0.1, -0.05) is 6.58 Å². The lowest BCUT2D eigenvalue weighted by Crippen LogP contribution is -2.40. The van der Waals surface area contributed by atoms with Gasteiger partial charge in [0.2, 0.25) is 5.90 Å². The van der Waals surface area contributed by atoms with Crippen molar-refractivity contribution < 1.29 is 18.3 Å². The largest absolute Gasteiger partial charge is 0.481 e. The van der Waals surface area contributed by atoms with Crippen LogP contribution in [0.2, 0.25) is 0 Å². The molecule has 28 heavy (non-hydrogen) atoms. The molecule has 0 saturated carbocycles. The molecule has 0 radical (unpaired) electrons. The van der Waals surface area contributed by atoms with Crippen LogP contribution in [-0.4, -0.2) is 41.9 Å². The first-order valence-electron chi connectivity index (χ1n) is 8.96. The molecule has 3 rings (SSSR count). The summed E-state index contributed by atoms with van der Waals surface area (Å²) in [7, 11) is 1.49. The first kappa shape index (κ1) is 19.7. The summed E-state index contributed by atoms with van der Waals surface area (Å²) in [5.41, 5.74) is 1.44. The highest BCUT2D eigenvalue weighted by Gasteiger charge is 2.27. The number of halogens is 2. The minimum absolute atomic E-state index is 0.0382. The average molecular weight is 385 g/mol. The summed E-state index contributed by atoms with van der Waals surface area (Å²) in [5.74, 6) is -0.762. The molecular formula is C21H21F2N3O2. The van der Waals surface area contributed by atoms with Crippen LogP contribution >= 0.6 is 0 Å². The fourth-order valence-corrected chi connectivity index (χ4v) is 3.14. The fraction of sp³-hybridized carbons (Fsp3) is 0.286. The lowest BCUT2D eigenvalue weighted by Gasteiger charge is -2.32. The molecule has 2 heterocycles. The fourth-order valence-electron chi connectivity index (χ4n) is 3.14. The lowest BCUT2D eigenvalue weighted by atomic mass is 9.95. The van der Waals surface area contributed by atoms with E-state index < -0.39 is 5.82 Å². The van der Waals surface area contributed by atoms with Crippen molar-refractivity contribution in [3.63, 3.8) is 0 Å². The average Bonchev–Trinajstić information content (AvgIpc) is 2.72. The Labute approximate surface area is 162 Å². The summed E-state index contributed by atoms with van der Waals surface area (Å²) in [6, 6.07) is 8.45. The SMILES string of the molecule is C=C(N=C(OC)c1ccc(F)cc1)[C@H]1CCCN(C(=O)c2ccc(F)cn2)C1. The highest BCUT2D eigenvalue weighted by atomic mass is 19.1. The van der Waals surface area contributed by atoms with Gasteiger partial charge in [0, 0.05) is 30.3 Å². The van der Waals surface area contributed by atoms with E-state index in [1.807, 2.05) is 0 Å². The van der Waals surface area contributed by atoms with Gasteiger partial charge in [-0.05, 0) is 49.2 Å². The van der Waals surface area contributed by atoms with Gasteiger partial charge in [0.1, 0.15) is 17.3 Å². The van der Waals surface area contributed by atoms with Crippen LogP contribution in [0.5, 0.6) is 0 Å². The maximum absolute atomic E-state index is 13.1. The number of carbonyl (C=O) groups is 1. The molecule has 1 amide bonds. The van der Waals surface area contributed by atoms with E-state index >= 15 is 0 Å². The van der Waals surface area contributed by atoms with E-state index in [2.05, 4.69) is 16.6 Å². The van der Waals surface area contributed by atoms with Crippen LogP contribution in [0.3, 0.4) is 0 Å². The smallest absolute Gasteiger partial charge is 0.272 e. The predicted octanol–water partition coefficient (Wildman–Crippen LogP) is 3.82. The zero-order valence-electron chi connectivity index (χ0n) is 15.6. The summed E-state index contributed by atoms with van der Waals surface area (Å²) < 4.78 is 31.5. The molecule has 1 aliphatic heterocycles. The third-order valence-electron chi connectivity index (χ3n) is 4.66. The molecule has 146 valence electrons. The first-order chi connectivity index (χ1) is 13.5. The van der Waals surface area contributed by atoms with Crippen LogP contribution in [0, 0.1) is 17.6 Å². The Bertz CT molecular complexity index is 880. The van der Waals surface area contributed by atoms with E-state index in [-0.39, 0.29) is 23.3 Å². The van der Waals surface area contributed by atoms with Crippen LogP contribution in [0.15, 0.2) is 59.9 Å². The number of benzene rings is 1. The number of pyridine rings is 1. The number of hydrogen-bond acceptors (Lipinski definition) is 4. The lowest BCUT2D eigenvalue weighted by molar-refractivity contribution is 0.0685. The monoisotopic (exact) mass is 385 g/mol.